The van der Waals surface area contributed by atoms with Crippen LogP contribution in [-0.2, 0) is 20.0 Å². The van der Waals surface area contributed by atoms with Gasteiger partial charge in [0.1, 0.15) is 5.84 Å². The third-order valence-corrected chi connectivity index (χ3v) is 6.66. The summed E-state index contributed by atoms with van der Waals surface area (Å²) in [6.07, 6.45) is 4.89. The van der Waals surface area contributed by atoms with Crippen LogP contribution in [0.15, 0.2) is 69.9 Å². The first kappa shape index (κ1) is 21.1. The van der Waals surface area contributed by atoms with Crippen LogP contribution in [0.3, 0.4) is 0 Å². The lowest BCUT2D eigenvalue weighted by molar-refractivity contribution is 0.591. The third-order valence-electron chi connectivity index (χ3n) is 4.27. The Bertz CT molecular complexity index is 1110. The Morgan fingerprint density at radius 3 is 2.45 bits per heavy atom. The molecular weight excluding hydrogens is 410 g/mol. The fourth-order valence-electron chi connectivity index (χ4n) is 2.83. The molecule has 0 atom stereocenters. The molecule has 9 heteroatoms. The van der Waals surface area contributed by atoms with Crippen molar-refractivity contribution in [3.05, 3.63) is 65.6 Å². The lowest BCUT2D eigenvalue weighted by atomic mass is 10.2. The van der Waals surface area contributed by atoms with Gasteiger partial charge >= 0.3 is 0 Å². The number of aliphatic imine (C=N–C) groups is 1. The van der Waals surface area contributed by atoms with E-state index in [-0.39, 0.29) is 10.6 Å². The molecule has 29 heavy (non-hydrogen) atoms. The quantitative estimate of drug-likeness (QED) is 0.729. The van der Waals surface area contributed by atoms with Gasteiger partial charge in [-0.2, -0.15) is 0 Å². The van der Waals surface area contributed by atoms with Crippen molar-refractivity contribution in [1.29, 1.82) is 0 Å². The number of benzene rings is 2. The van der Waals surface area contributed by atoms with Crippen LogP contribution in [0.4, 0.5) is 5.69 Å². The van der Waals surface area contributed by atoms with Crippen molar-refractivity contribution in [2.24, 2.45) is 4.99 Å². The van der Waals surface area contributed by atoms with Crippen molar-refractivity contribution >= 4 is 37.6 Å². The summed E-state index contributed by atoms with van der Waals surface area (Å²) in [6.45, 7) is 0.603. The molecule has 0 fully saturated rings. The van der Waals surface area contributed by atoms with E-state index in [1.807, 2.05) is 6.07 Å². The molecule has 2 aromatic carbocycles. The number of sulfonamides is 2. The fourth-order valence-corrected chi connectivity index (χ4v) is 4.82. The van der Waals surface area contributed by atoms with Gasteiger partial charge in [-0.15, -0.1) is 0 Å². The van der Waals surface area contributed by atoms with Gasteiger partial charge in [-0.3, -0.25) is 14.4 Å². The van der Waals surface area contributed by atoms with Crippen LogP contribution in [-0.4, -0.2) is 29.2 Å². The van der Waals surface area contributed by atoms with Gasteiger partial charge in [0.05, 0.1) is 16.0 Å². The number of hydrogen-bond donors (Lipinski definition) is 2. The highest BCUT2D eigenvalue weighted by Gasteiger charge is 2.18. The van der Waals surface area contributed by atoms with E-state index in [0.29, 0.717) is 18.8 Å². The second-order valence-corrected chi connectivity index (χ2v) is 9.88. The monoisotopic (exact) mass is 433 g/mol. The Balaban J connectivity index is 1.74. The van der Waals surface area contributed by atoms with Gasteiger partial charge in [0.25, 0.3) is 20.0 Å². The number of hydrogen-bond acceptors (Lipinski definition) is 5. The molecule has 0 radical (unpaired) electrons. The number of anilines is 1. The maximum absolute atomic E-state index is 12.7. The molecule has 1 aliphatic rings. The van der Waals surface area contributed by atoms with E-state index in [9.17, 15) is 16.8 Å². The van der Waals surface area contributed by atoms with Gasteiger partial charge in [0.15, 0.2) is 0 Å². The average molecular weight is 434 g/mol. The van der Waals surface area contributed by atoms with E-state index in [2.05, 4.69) is 14.4 Å². The van der Waals surface area contributed by atoms with E-state index in [4.69, 9.17) is 0 Å². The molecule has 0 saturated carbocycles. The zero-order chi connectivity index (χ0) is 20.7. The fraction of sp³-hybridized carbons (Fsp3) is 0.250. The Morgan fingerprint density at radius 1 is 0.862 bits per heavy atom. The molecule has 0 aromatic heterocycles. The summed E-state index contributed by atoms with van der Waals surface area (Å²) < 4.78 is 54.8. The molecule has 7 nitrogen and oxygen atoms in total. The van der Waals surface area contributed by atoms with Crippen molar-refractivity contribution < 1.29 is 16.8 Å². The molecule has 154 valence electrons. The van der Waals surface area contributed by atoms with Crippen molar-refractivity contribution in [3.8, 4) is 0 Å². The zero-order valence-electron chi connectivity index (χ0n) is 15.8. The number of nitrogens with zero attached hydrogens (tertiary/aromatic N) is 1. The van der Waals surface area contributed by atoms with Gasteiger partial charge in [0.2, 0.25) is 0 Å². The van der Waals surface area contributed by atoms with E-state index >= 15 is 0 Å². The Labute approximate surface area is 171 Å². The molecule has 0 unspecified atom stereocenters. The van der Waals surface area contributed by atoms with Crippen LogP contribution < -0.4 is 9.44 Å². The summed E-state index contributed by atoms with van der Waals surface area (Å²) in [5.41, 5.74) is 0.899. The van der Waals surface area contributed by atoms with E-state index < -0.39 is 20.0 Å². The highest BCUT2D eigenvalue weighted by atomic mass is 32.2. The van der Waals surface area contributed by atoms with Crippen LogP contribution in [0.5, 0.6) is 0 Å². The van der Waals surface area contributed by atoms with Gasteiger partial charge < -0.3 is 0 Å². The summed E-state index contributed by atoms with van der Waals surface area (Å²) in [6, 6.07) is 14.7. The summed E-state index contributed by atoms with van der Waals surface area (Å²) >= 11 is 0. The zero-order valence-corrected chi connectivity index (χ0v) is 17.4. The molecular formula is C20H23N3O4S2. The average Bonchev–Trinajstić information content (AvgIpc) is 2.95. The first-order valence-corrected chi connectivity index (χ1v) is 12.3. The minimum atomic E-state index is -3.84. The Hall–Kier alpha value is -2.65. The largest absolute Gasteiger partial charge is 0.280 e. The van der Waals surface area contributed by atoms with E-state index in [0.717, 1.165) is 30.2 Å². The Morgan fingerprint density at radius 2 is 1.66 bits per heavy atom. The summed E-state index contributed by atoms with van der Waals surface area (Å²) in [4.78, 5) is 4.24. The third kappa shape index (κ3) is 6.43. The van der Waals surface area contributed by atoms with Crippen LogP contribution in [0.25, 0.3) is 6.08 Å². The van der Waals surface area contributed by atoms with Gasteiger partial charge in [-0.05, 0) is 42.7 Å². The van der Waals surface area contributed by atoms with Gasteiger partial charge in [-0.25, -0.2) is 16.8 Å². The van der Waals surface area contributed by atoms with Crippen LogP contribution in [0.1, 0.15) is 31.2 Å². The maximum atomic E-state index is 12.7. The van der Waals surface area contributed by atoms with Crippen molar-refractivity contribution in [1.82, 2.24) is 4.72 Å². The van der Waals surface area contributed by atoms with E-state index in [1.165, 1.54) is 30.3 Å². The predicted octanol–water partition coefficient (Wildman–Crippen LogP) is 3.35. The first-order valence-electron chi connectivity index (χ1n) is 9.26. The predicted molar refractivity (Wildman–Crippen MR) is 116 cm³/mol. The molecule has 0 aliphatic carbocycles. The van der Waals surface area contributed by atoms with Crippen LogP contribution in [0.2, 0.25) is 0 Å². The Kier molecular flexibility index (Phi) is 6.71. The molecule has 2 aromatic rings. The summed E-state index contributed by atoms with van der Waals surface area (Å²) in [7, 11) is -7.64. The molecule has 0 spiro atoms. The minimum Gasteiger partial charge on any atom is -0.280 e. The molecule has 0 bridgehead atoms. The highest BCUT2D eigenvalue weighted by Crippen LogP contribution is 2.18. The SMILES string of the molecule is O=S(=O)(/C=C/c1ccccc1)Nc1cccc(S(=O)(=O)NC2=NCCCCC2)c1. The number of amidine groups is 1. The number of rotatable bonds is 6. The summed E-state index contributed by atoms with van der Waals surface area (Å²) in [5, 5.41) is 1.04. The molecule has 3 rings (SSSR count). The molecule has 2 N–H and O–H groups in total. The highest BCUT2D eigenvalue weighted by molar-refractivity contribution is 7.95. The summed E-state index contributed by atoms with van der Waals surface area (Å²) in [5.74, 6) is 0.444. The van der Waals surface area contributed by atoms with Gasteiger partial charge in [-0.1, -0.05) is 42.8 Å². The van der Waals surface area contributed by atoms with Gasteiger partial charge in [0, 0.05) is 13.0 Å². The lowest BCUT2D eigenvalue weighted by Gasteiger charge is -2.11. The topological polar surface area (TPSA) is 105 Å². The molecule has 1 aliphatic heterocycles. The van der Waals surface area contributed by atoms with Crippen molar-refractivity contribution in [3.63, 3.8) is 0 Å². The first-order chi connectivity index (χ1) is 13.8. The van der Waals surface area contributed by atoms with E-state index in [1.54, 1.807) is 24.3 Å². The second-order valence-electron chi connectivity index (χ2n) is 6.63. The standard InChI is InChI=1S/C20H23N3O4S2/c24-28(25,15-13-17-8-3-1-4-9-17)22-18-10-7-11-19(16-18)29(26,27)23-20-12-5-2-6-14-21-20/h1,3-4,7-11,13,15-16,22H,2,5-6,12,14H2,(H,21,23)/b15-13+. The van der Waals surface area contributed by atoms with Crippen LogP contribution in [0, 0.1) is 0 Å². The molecule has 0 saturated heterocycles. The smallest absolute Gasteiger partial charge is 0.262 e. The normalized spacial score (nSPS) is 15.5. The second kappa shape index (κ2) is 9.23. The molecule has 1 heterocycles. The minimum absolute atomic E-state index is 0.0308. The van der Waals surface area contributed by atoms with Crippen molar-refractivity contribution in [2.75, 3.05) is 11.3 Å². The lowest BCUT2D eigenvalue weighted by Crippen LogP contribution is -2.30. The maximum Gasteiger partial charge on any atom is 0.262 e. The van der Waals surface area contributed by atoms with Crippen molar-refractivity contribution in [2.45, 2.75) is 30.6 Å². The molecule has 0 amide bonds. The number of nitrogens with one attached hydrogen (secondary N) is 2. The van der Waals surface area contributed by atoms with Crippen LogP contribution >= 0.6 is 0 Å².